The Kier molecular flexibility index (Phi) is 1.28. The summed E-state index contributed by atoms with van der Waals surface area (Å²) in [5.41, 5.74) is 0. The second-order valence-electron chi connectivity index (χ2n) is 2.14. The Labute approximate surface area is 63.1 Å². The Hall–Kier alpha value is -1.52. The first-order chi connectivity index (χ1) is 5.42. The maximum Gasteiger partial charge on any atom is 0.257 e. The molecule has 0 aromatic carbocycles. The van der Waals surface area contributed by atoms with Crippen molar-refractivity contribution in [2.75, 3.05) is 0 Å². The van der Waals surface area contributed by atoms with Crippen LogP contribution in [0.3, 0.4) is 0 Å². The van der Waals surface area contributed by atoms with Gasteiger partial charge >= 0.3 is 0 Å². The Balaban J connectivity index is 2.79. The summed E-state index contributed by atoms with van der Waals surface area (Å²) in [4.78, 5) is 8.00. The fraction of sp³-hybridized carbons (Fsp3) is 0.333. The van der Waals surface area contributed by atoms with Gasteiger partial charge < -0.3 is 0 Å². The van der Waals surface area contributed by atoms with Crippen LogP contribution in [-0.2, 0) is 6.42 Å². The van der Waals surface area contributed by atoms with Crippen molar-refractivity contribution in [3.8, 4) is 0 Å². The average Bonchev–Trinajstić information content (AvgIpc) is 2.50. The Bertz CT molecular complexity index is 366. The first-order valence-electron chi connectivity index (χ1n) is 3.41. The lowest BCUT2D eigenvalue weighted by atomic mass is 10.4. The smallest absolute Gasteiger partial charge is 0.253 e. The van der Waals surface area contributed by atoms with Gasteiger partial charge in [-0.15, -0.1) is 10.2 Å². The highest BCUT2D eigenvalue weighted by atomic mass is 15.3. The molecule has 5 heteroatoms. The van der Waals surface area contributed by atoms with Gasteiger partial charge in [-0.05, 0) is 0 Å². The summed E-state index contributed by atoms with van der Waals surface area (Å²) in [6.45, 7) is 2.03. The van der Waals surface area contributed by atoms with Crippen LogP contribution in [0, 0.1) is 0 Å². The zero-order chi connectivity index (χ0) is 7.68. The minimum atomic E-state index is 0.608. The molecule has 0 bridgehead atoms. The van der Waals surface area contributed by atoms with E-state index < -0.39 is 0 Å². The second kappa shape index (κ2) is 2.26. The molecule has 0 N–H and O–H groups in total. The number of hydrogen-bond donors (Lipinski definition) is 0. The SMILES string of the molecule is CCc1ncnc2nncn12. The zero-order valence-corrected chi connectivity index (χ0v) is 6.10. The van der Waals surface area contributed by atoms with Gasteiger partial charge in [-0.25, -0.2) is 4.98 Å². The molecule has 0 aliphatic rings. The summed E-state index contributed by atoms with van der Waals surface area (Å²) in [6, 6.07) is 0. The molecule has 0 radical (unpaired) electrons. The van der Waals surface area contributed by atoms with E-state index in [0.29, 0.717) is 5.78 Å². The first-order valence-corrected chi connectivity index (χ1v) is 3.41. The highest BCUT2D eigenvalue weighted by molar-refractivity contribution is 5.23. The van der Waals surface area contributed by atoms with Crippen LogP contribution >= 0.6 is 0 Å². The van der Waals surface area contributed by atoms with Gasteiger partial charge in [0.05, 0.1) is 0 Å². The number of aromatic nitrogens is 5. The van der Waals surface area contributed by atoms with Crippen LogP contribution in [0.1, 0.15) is 12.7 Å². The predicted octanol–water partition coefficient (Wildman–Crippen LogP) is 0.0817. The summed E-state index contributed by atoms with van der Waals surface area (Å²) < 4.78 is 1.78. The molecule has 0 amide bonds. The number of nitrogens with zero attached hydrogens (tertiary/aromatic N) is 5. The van der Waals surface area contributed by atoms with Gasteiger partial charge in [-0.1, -0.05) is 6.92 Å². The van der Waals surface area contributed by atoms with Crippen LogP contribution in [0.5, 0.6) is 0 Å². The summed E-state index contributed by atoms with van der Waals surface area (Å²) in [5.74, 6) is 1.54. The molecular weight excluding hydrogens is 142 g/mol. The van der Waals surface area contributed by atoms with Gasteiger partial charge in [0.2, 0.25) is 0 Å². The van der Waals surface area contributed by atoms with E-state index >= 15 is 0 Å². The van der Waals surface area contributed by atoms with Gasteiger partial charge in [0, 0.05) is 6.42 Å². The summed E-state index contributed by atoms with van der Waals surface area (Å²) >= 11 is 0. The molecule has 5 nitrogen and oxygen atoms in total. The number of hydrogen-bond acceptors (Lipinski definition) is 4. The van der Waals surface area contributed by atoms with E-state index in [9.17, 15) is 0 Å². The lowest BCUT2D eigenvalue weighted by molar-refractivity contribution is 0.864. The molecule has 0 unspecified atom stereocenters. The fourth-order valence-electron chi connectivity index (χ4n) is 0.970. The third kappa shape index (κ3) is 0.849. The second-order valence-corrected chi connectivity index (χ2v) is 2.14. The molecule has 11 heavy (non-hydrogen) atoms. The van der Waals surface area contributed by atoms with Gasteiger partial charge in [-0.2, -0.15) is 4.98 Å². The maximum absolute atomic E-state index is 4.07. The lowest BCUT2D eigenvalue weighted by Gasteiger charge is -1.96. The van der Waals surface area contributed by atoms with Crippen molar-refractivity contribution in [1.82, 2.24) is 24.6 Å². The van der Waals surface area contributed by atoms with Crippen molar-refractivity contribution < 1.29 is 0 Å². The van der Waals surface area contributed by atoms with Crippen LogP contribution in [0.2, 0.25) is 0 Å². The lowest BCUT2D eigenvalue weighted by Crippen LogP contribution is -1.99. The van der Waals surface area contributed by atoms with Crippen molar-refractivity contribution in [3.05, 3.63) is 18.5 Å². The predicted molar refractivity (Wildman–Crippen MR) is 38.0 cm³/mol. The van der Waals surface area contributed by atoms with Gasteiger partial charge in [-0.3, -0.25) is 4.40 Å². The quantitative estimate of drug-likeness (QED) is 0.576. The fourth-order valence-corrected chi connectivity index (χ4v) is 0.970. The summed E-state index contributed by atoms with van der Waals surface area (Å²) in [5, 5.41) is 7.51. The monoisotopic (exact) mass is 149 g/mol. The Morgan fingerprint density at radius 2 is 2.36 bits per heavy atom. The van der Waals surface area contributed by atoms with Crippen LogP contribution in [0.15, 0.2) is 12.7 Å². The summed E-state index contributed by atoms with van der Waals surface area (Å²) in [6.07, 6.45) is 3.98. The number of aryl methyl sites for hydroxylation is 1. The molecule has 2 rings (SSSR count). The average molecular weight is 149 g/mol. The van der Waals surface area contributed by atoms with Crippen molar-refractivity contribution >= 4 is 5.78 Å². The largest absolute Gasteiger partial charge is 0.257 e. The third-order valence-electron chi connectivity index (χ3n) is 1.50. The van der Waals surface area contributed by atoms with Crippen LogP contribution < -0.4 is 0 Å². The van der Waals surface area contributed by atoms with E-state index in [4.69, 9.17) is 0 Å². The van der Waals surface area contributed by atoms with Gasteiger partial charge in [0.1, 0.15) is 18.5 Å². The van der Waals surface area contributed by atoms with E-state index in [0.717, 1.165) is 12.2 Å². The molecule has 0 atom stereocenters. The third-order valence-corrected chi connectivity index (χ3v) is 1.50. The molecule has 56 valence electrons. The highest BCUT2D eigenvalue weighted by Gasteiger charge is 1.99. The Morgan fingerprint density at radius 3 is 3.18 bits per heavy atom. The van der Waals surface area contributed by atoms with Gasteiger partial charge in [0.15, 0.2) is 0 Å². The zero-order valence-electron chi connectivity index (χ0n) is 6.10. The van der Waals surface area contributed by atoms with E-state index in [2.05, 4.69) is 20.2 Å². The first kappa shape index (κ1) is 6.21. The normalized spacial score (nSPS) is 10.6. The topological polar surface area (TPSA) is 56.0 Å². The molecule has 0 saturated heterocycles. The molecule has 0 aliphatic carbocycles. The number of fused-ring (bicyclic) bond motifs is 1. The van der Waals surface area contributed by atoms with E-state index in [1.807, 2.05) is 6.92 Å². The van der Waals surface area contributed by atoms with Crippen LogP contribution in [0.4, 0.5) is 0 Å². The van der Waals surface area contributed by atoms with E-state index in [-0.39, 0.29) is 0 Å². The van der Waals surface area contributed by atoms with Crippen LogP contribution in [-0.4, -0.2) is 24.6 Å². The van der Waals surface area contributed by atoms with Crippen molar-refractivity contribution in [1.29, 1.82) is 0 Å². The molecule has 2 heterocycles. The minimum Gasteiger partial charge on any atom is -0.253 e. The molecule has 0 fully saturated rings. The number of rotatable bonds is 1. The molecule has 2 aromatic rings. The van der Waals surface area contributed by atoms with Gasteiger partial charge in [0.25, 0.3) is 5.78 Å². The molecule has 0 saturated carbocycles. The summed E-state index contributed by atoms with van der Waals surface area (Å²) in [7, 11) is 0. The molecule has 0 aliphatic heterocycles. The van der Waals surface area contributed by atoms with Crippen molar-refractivity contribution in [2.24, 2.45) is 0 Å². The molecular formula is C6H7N5. The molecule has 2 aromatic heterocycles. The maximum atomic E-state index is 4.07. The molecule has 0 spiro atoms. The van der Waals surface area contributed by atoms with Crippen molar-refractivity contribution in [3.63, 3.8) is 0 Å². The Morgan fingerprint density at radius 1 is 1.45 bits per heavy atom. The standard InChI is InChI=1S/C6H7N5/c1-2-5-7-3-8-6-10-9-4-11(5)6/h3-4H,2H2,1H3. The highest BCUT2D eigenvalue weighted by Crippen LogP contribution is 1.96. The van der Waals surface area contributed by atoms with Crippen LogP contribution in [0.25, 0.3) is 5.78 Å². The van der Waals surface area contributed by atoms with Crippen molar-refractivity contribution in [2.45, 2.75) is 13.3 Å². The minimum absolute atomic E-state index is 0.608. The van der Waals surface area contributed by atoms with E-state index in [1.54, 1.807) is 10.7 Å². The van der Waals surface area contributed by atoms with E-state index in [1.165, 1.54) is 6.33 Å².